The van der Waals surface area contributed by atoms with Crippen molar-refractivity contribution in [3.63, 3.8) is 0 Å². The predicted molar refractivity (Wildman–Crippen MR) is 144 cm³/mol. The first kappa shape index (κ1) is 27.0. The Bertz CT molecular complexity index is 1290. The number of hydrogen-bond donors (Lipinski definition) is 3. The van der Waals surface area contributed by atoms with Crippen LogP contribution in [0.15, 0.2) is 72.8 Å². The van der Waals surface area contributed by atoms with Gasteiger partial charge in [0.05, 0.1) is 30.4 Å². The van der Waals surface area contributed by atoms with Crippen LogP contribution in [0.5, 0.6) is 5.75 Å². The maximum absolute atomic E-state index is 13.2. The highest BCUT2D eigenvalue weighted by Crippen LogP contribution is 2.24. The summed E-state index contributed by atoms with van der Waals surface area (Å²) in [5.74, 6) is -0.386. The normalized spacial score (nSPS) is 14.2. The standard InChI is InChI=1S/C30H33N3O5/c1-3-14-33-29(36)24-13-12-22(17-25(24)30(33)37)28(35)32-26(16-20-8-5-4-6-9-20)27(34)19-31-18-21-10-7-11-23(15-21)38-2/h4-13,15,17,26-27,31,34H,3,14,16,18-19H2,1-2H3,(H,32,35)/t26-,27+/m0/s1. The Morgan fingerprint density at radius 2 is 1.68 bits per heavy atom. The lowest BCUT2D eigenvalue weighted by atomic mass is 9.99. The Morgan fingerprint density at radius 3 is 2.42 bits per heavy atom. The summed E-state index contributed by atoms with van der Waals surface area (Å²) in [6, 6.07) is 21.2. The molecule has 3 amide bonds. The molecule has 0 saturated carbocycles. The van der Waals surface area contributed by atoms with Crippen molar-refractivity contribution in [2.24, 2.45) is 0 Å². The second kappa shape index (κ2) is 12.5. The number of ether oxygens (including phenoxy) is 1. The van der Waals surface area contributed by atoms with E-state index in [0.717, 1.165) is 16.9 Å². The Balaban J connectivity index is 1.46. The zero-order chi connectivity index (χ0) is 27.1. The SMILES string of the molecule is CCCN1C(=O)c2ccc(C(=O)N[C@@H](Cc3ccccc3)[C@H](O)CNCc3cccc(OC)c3)cc2C1=O. The van der Waals surface area contributed by atoms with Crippen LogP contribution in [-0.4, -0.2) is 60.1 Å². The van der Waals surface area contributed by atoms with Gasteiger partial charge in [0.1, 0.15) is 5.75 Å². The van der Waals surface area contributed by atoms with Gasteiger partial charge in [-0.25, -0.2) is 0 Å². The summed E-state index contributed by atoms with van der Waals surface area (Å²) in [6.07, 6.45) is 0.188. The molecule has 0 bridgehead atoms. The number of carbonyl (C=O) groups is 3. The van der Waals surface area contributed by atoms with Crippen molar-refractivity contribution in [1.82, 2.24) is 15.5 Å². The Kier molecular flexibility index (Phi) is 8.89. The fourth-order valence-electron chi connectivity index (χ4n) is 4.55. The quantitative estimate of drug-likeness (QED) is 0.320. The van der Waals surface area contributed by atoms with Crippen molar-refractivity contribution in [3.8, 4) is 5.75 Å². The van der Waals surface area contributed by atoms with E-state index in [1.54, 1.807) is 13.2 Å². The highest BCUT2D eigenvalue weighted by Gasteiger charge is 2.35. The minimum Gasteiger partial charge on any atom is -0.497 e. The molecule has 3 aromatic carbocycles. The Hall–Kier alpha value is -4.01. The molecule has 3 N–H and O–H groups in total. The molecule has 3 aromatic rings. The highest BCUT2D eigenvalue weighted by atomic mass is 16.5. The highest BCUT2D eigenvalue weighted by molar-refractivity contribution is 6.22. The van der Waals surface area contributed by atoms with E-state index in [9.17, 15) is 19.5 Å². The van der Waals surface area contributed by atoms with E-state index in [0.29, 0.717) is 31.5 Å². The number of carbonyl (C=O) groups excluding carboxylic acids is 3. The first-order valence-corrected chi connectivity index (χ1v) is 12.8. The lowest BCUT2D eigenvalue weighted by molar-refractivity contribution is 0.0654. The van der Waals surface area contributed by atoms with Crippen LogP contribution in [-0.2, 0) is 13.0 Å². The lowest BCUT2D eigenvalue weighted by Crippen LogP contribution is -2.48. The number of amides is 3. The molecule has 38 heavy (non-hydrogen) atoms. The third-order valence-electron chi connectivity index (χ3n) is 6.58. The number of nitrogens with one attached hydrogen (secondary N) is 2. The van der Waals surface area contributed by atoms with Gasteiger partial charge in [0, 0.05) is 25.2 Å². The van der Waals surface area contributed by atoms with Gasteiger partial charge in [-0.1, -0.05) is 49.4 Å². The fourth-order valence-corrected chi connectivity index (χ4v) is 4.55. The van der Waals surface area contributed by atoms with Gasteiger partial charge in [-0.3, -0.25) is 19.3 Å². The zero-order valence-electron chi connectivity index (χ0n) is 21.6. The number of aliphatic hydroxyl groups excluding tert-OH is 1. The van der Waals surface area contributed by atoms with Crippen molar-refractivity contribution in [1.29, 1.82) is 0 Å². The van der Waals surface area contributed by atoms with Gasteiger partial charge < -0.3 is 20.5 Å². The minimum absolute atomic E-state index is 0.233. The van der Waals surface area contributed by atoms with E-state index in [1.165, 1.54) is 17.0 Å². The Labute approximate surface area is 222 Å². The van der Waals surface area contributed by atoms with Gasteiger partial charge in [0.15, 0.2) is 0 Å². The van der Waals surface area contributed by atoms with Gasteiger partial charge >= 0.3 is 0 Å². The molecule has 1 aliphatic rings. The van der Waals surface area contributed by atoms with Gasteiger partial charge in [-0.05, 0) is 54.3 Å². The molecule has 4 rings (SSSR count). The summed E-state index contributed by atoms with van der Waals surface area (Å²) < 4.78 is 5.26. The van der Waals surface area contributed by atoms with E-state index >= 15 is 0 Å². The smallest absolute Gasteiger partial charge is 0.261 e. The van der Waals surface area contributed by atoms with Crippen LogP contribution in [0.25, 0.3) is 0 Å². The number of rotatable bonds is 12. The second-order valence-corrected chi connectivity index (χ2v) is 9.34. The molecule has 198 valence electrons. The molecular formula is C30H33N3O5. The van der Waals surface area contributed by atoms with Gasteiger partial charge in [-0.2, -0.15) is 0 Å². The molecule has 0 unspecified atom stereocenters. The third kappa shape index (κ3) is 6.27. The van der Waals surface area contributed by atoms with Gasteiger partial charge in [0.25, 0.3) is 17.7 Å². The largest absolute Gasteiger partial charge is 0.497 e. The fraction of sp³-hybridized carbons (Fsp3) is 0.300. The Morgan fingerprint density at radius 1 is 0.947 bits per heavy atom. The van der Waals surface area contributed by atoms with Crippen LogP contribution in [0.3, 0.4) is 0 Å². The van der Waals surface area contributed by atoms with Crippen LogP contribution >= 0.6 is 0 Å². The maximum atomic E-state index is 13.2. The van der Waals surface area contributed by atoms with E-state index in [-0.39, 0.29) is 29.5 Å². The monoisotopic (exact) mass is 515 g/mol. The minimum atomic E-state index is -0.887. The van der Waals surface area contributed by atoms with Crippen molar-refractivity contribution in [2.45, 2.75) is 38.5 Å². The molecule has 0 radical (unpaired) electrons. The van der Waals surface area contributed by atoms with E-state index in [1.807, 2.05) is 61.5 Å². The molecule has 0 fully saturated rings. The van der Waals surface area contributed by atoms with Crippen LogP contribution in [0.4, 0.5) is 0 Å². The topological polar surface area (TPSA) is 108 Å². The summed E-state index contributed by atoms with van der Waals surface area (Å²) in [6.45, 7) is 3.00. The molecule has 8 nitrogen and oxygen atoms in total. The summed E-state index contributed by atoms with van der Waals surface area (Å²) >= 11 is 0. The zero-order valence-corrected chi connectivity index (χ0v) is 21.6. The number of fused-ring (bicyclic) bond motifs is 1. The summed E-state index contributed by atoms with van der Waals surface area (Å²) in [5.41, 5.74) is 2.78. The van der Waals surface area contributed by atoms with Crippen molar-refractivity contribution in [3.05, 3.63) is 101 Å². The van der Waals surface area contributed by atoms with Crippen LogP contribution in [0, 0.1) is 0 Å². The predicted octanol–water partition coefficient (Wildman–Crippen LogP) is 3.19. The van der Waals surface area contributed by atoms with Gasteiger partial charge in [-0.15, -0.1) is 0 Å². The van der Waals surface area contributed by atoms with Gasteiger partial charge in [0.2, 0.25) is 0 Å². The third-order valence-corrected chi connectivity index (χ3v) is 6.58. The van der Waals surface area contributed by atoms with Crippen LogP contribution in [0.2, 0.25) is 0 Å². The van der Waals surface area contributed by atoms with Crippen LogP contribution < -0.4 is 15.4 Å². The average Bonchev–Trinajstić information content (AvgIpc) is 3.17. The number of imide groups is 1. The molecular weight excluding hydrogens is 482 g/mol. The first-order valence-electron chi connectivity index (χ1n) is 12.8. The molecule has 0 aromatic heterocycles. The van der Waals surface area contributed by atoms with Crippen molar-refractivity contribution in [2.75, 3.05) is 20.2 Å². The number of benzene rings is 3. The summed E-state index contributed by atoms with van der Waals surface area (Å²) in [4.78, 5) is 39.7. The maximum Gasteiger partial charge on any atom is 0.261 e. The first-order chi connectivity index (χ1) is 18.4. The van der Waals surface area contributed by atoms with E-state index in [2.05, 4.69) is 10.6 Å². The second-order valence-electron chi connectivity index (χ2n) is 9.34. The van der Waals surface area contributed by atoms with Crippen molar-refractivity contribution >= 4 is 17.7 Å². The number of nitrogens with zero attached hydrogens (tertiary/aromatic N) is 1. The number of hydrogen-bond acceptors (Lipinski definition) is 6. The average molecular weight is 516 g/mol. The molecule has 2 atom stereocenters. The van der Waals surface area contributed by atoms with E-state index < -0.39 is 18.1 Å². The van der Waals surface area contributed by atoms with E-state index in [4.69, 9.17) is 4.74 Å². The molecule has 1 heterocycles. The molecule has 8 heteroatoms. The summed E-state index contributed by atoms with van der Waals surface area (Å²) in [7, 11) is 1.61. The lowest BCUT2D eigenvalue weighted by Gasteiger charge is -2.25. The molecule has 0 spiro atoms. The number of methoxy groups -OCH3 is 1. The van der Waals surface area contributed by atoms with Crippen LogP contribution in [0.1, 0.15) is 55.5 Å². The van der Waals surface area contributed by atoms with Crippen molar-refractivity contribution < 1.29 is 24.2 Å². The molecule has 0 saturated heterocycles. The molecule has 0 aliphatic carbocycles. The molecule has 1 aliphatic heterocycles. The number of aliphatic hydroxyl groups is 1. The summed E-state index contributed by atoms with van der Waals surface area (Å²) in [5, 5.41) is 17.3.